The molecule has 0 N–H and O–H groups in total. The van der Waals surface area contributed by atoms with Crippen LogP contribution < -0.4 is 9.47 Å². The van der Waals surface area contributed by atoms with Crippen molar-refractivity contribution in [3.63, 3.8) is 0 Å². The first kappa shape index (κ1) is 36.2. The van der Waals surface area contributed by atoms with Crippen LogP contribution in [0.1, 0.15) is 67.9 Å². The minimum atomic E-state index is -4.39. The Morgan fingerprint density at radius 1 is 0.383 bits per heavy atom. The second-order valence-electron chi connectivity index (χ2n) is 14.3. The Labute approximate surface area is 279 Å². The van der Waals surface area contributed by atoms with E-state index in [0.717, 1.165) is 23.8 Å². The first-order valence-electron chi connectivity index (χ1n) is 15.0. The van der Waals surface area contributed by atoms with Crippen molar-refractivity contribution in [2.75, 3.05) is 0 Å². The topological polar surface area (TPSA) is 121 Å². The third-order valence-electron chi connectivity index (χ3n) is 6.93. The van der Waals surface area contributed by atoms with Crippen LogP contribution in [0.25, 0.3) is 0 Å². The molecule has 252 valence electrons. The first-order chi connectivity index (χ1) is 21.4. The van der Waals surface area contributed by atoms with Crippen LogP contribution in [-0.2, 0) is 34.9 Å². The third kappa shape index (κ3) is 8.44. The first-order valence-corrected chi connectivity index (χ1v) is 19.4. The Kier molecular flexibility index (Phi) is 9.55. The Morgan fingerprint density at radius 2 is 0.638 bits per heavy atom. The second-order valence-corrected chi connectivity index (χ2v) is 20.1. The molecule has 0 aromatic heterocycles. The molecule has 0 amide bonds. The number of hydrogen-bond donors (Lipinski definition) is 0. The van der Waals surface area contributed by atoms with Gasteiger partial charge in [0.1, 0.15) is 22.7 Å². The number of hydrogen-bond acceptors (Lipinski definition) is 8. The summed E-state index contributed by atoms with van der Waals surface area (Å²) in [7, 11) is -13.1. The van der Waals surface area contributed by atoms with Crippen LogP contribution in [0.3, 0.4) is 0 Å². The molecule has 0 spiro atoms. The Morgan fingerprint density at radius 3 is 0.872 bits per heavy atom. The zero-order chi connectivity index (χ0) is 35.2. The molecule has 0 bridgehead atoms. The lowest BCUT2D eigenvalue weighted by atomic mass is 9.87. The highest BCUT2D eigenvalue weighted by atomic mass is 32.2. The SMILES string of the molecule is CC(C)(C)Oc1ccc(S(=O)(=O)c2cc(S(=O)(=O)c3ccc(OC(C)(C)C)cc3)cc(S(=O)(=O)c3ccc(C(C)(C)C)cc3)c2)cc1. The van der Waals surface area contributed by atoms with Gasteiger partial charge in [-0.2, -0.15) is 0 Å². The molecule has 0 saturated carbocycles. The monoisotopic (exact) mass is 698 g/mol. The van der Waals surface area contributed by atoms with Crippen LogP contribution in [0, 0.1) is 0 Å². The van der Waals surface area contributed by atoms with E-state index in [1.165, 1.54) is 60.7 Å². The molecule has 11 heteroatoms. The lowest BCUT2D eigenvalue weighted by Gasteiger charge is -2.21. The summed E-state index contributed by atoms with van der Waals surface area (Å²) in [6.45, 7) is 17.1. The predicted octanol–water partition coefficient (Wildman–Crippen LogP) is 7.84. The van der Waals surface area contributed by atoms with Crippen molar-refractivity contribution in [3.05, 3.63) is 96.6 Å². The van der Waals surface area contributed by atoms with Gasteiger partial charge in [0.15, 0.2) is 0 Å². The van der Waals surface area contributed by atoms with E-state index in [9.17, 15) is 25.3 Å². The lowest BCUT2D eigenvalue weighted by Crippen LogP contribution is -2.22. The fourth-order valence-electron chi connectivity index (χ4n) is 4.63. The largest absolute Gasteiger partial charge is 0.488 e. The van der Waals surface area contributed by atoms with Crippen molar-refractivity contribution in [2.45, 2.75) is 108 Å². The van der Waals surface area contributed by atoms with Crippen LogP contribution in [0.4, 0.5) is 0 Å². The van der Waals surface area contributed by atoms with E-state index in [-0.39, 0.29) is 20.1 Å². The van der Waals surface area contributed by atoms with Gasteiger partial charge in [-0.05, 0) is 131 Å². The molecule has 0 aliphatic carbocycles. The molecule has 0 fully saturated rings. The molecule has 0 heterocycles. The summed E-state index contributed by atoms with van der Waals surface area (Å²) in [6, 6.07) is 20.6. The number of rotatable bonds is 8. The Bertz CT molecular complexity index is 1970. The molecular formula is C36H42O8S3. The molecule has 4 rings (SSSR count). The third-order valence-corrected chi connectivity index (χ3v) is 12.2. The summed E-state index contributed by atoms with van der Waals surface area (Å²) in [6.07, 6.45) is 0. The highest BCUT2D eigenvalue weighted by Gasteiger charge is 2.29. The highest BCUT2D eigenvalue weighted by molar-refractivity contribution is 7.93. The summed E-state index contributed by atoms with van der Waals surface area (Å²) in [5.74, 6) is 0.877. The van der Waals surface area contributed by atoms with Crippen molar-refractivity contribution >= 4 is 29.5 Å². The van der Waals surface area contributed by atoms with Crippen LogP contribution in [0.5, 0.6) is 11.5 Å². The molecular weight excluding hydrogens is 657 g/mol. The summed E-state index contributed by atoms with van der Waals surface area (Å²) >= 11 is 0. The zero-order valence-electron chi connectivity index (χ0n) is 28.2. The second kappa shape index (κ2) is 12.4. The minimum absolute atomic E-state index is 0.101. The average Bonchev–Trinajstić information content (AvgIpc) is 2.95. The summed E-state index contributed by atoms with van der Waals surface area (Å²) < 4.78 is 95.3. The molecule has 4 aromatic carbocycles. The van der Waals surface area contributed by atoms with Gasteiger partial charge in [-0.25, -0.2) is 25.3 Å². The van der Waals surface area contributed by atoms with E-state index in [1.54, 1.807) is 12.1 Å². The van der Waals surface area contributed by atoms with Gasteiger partial charge in [0.25, 0.3) is 0 Å². The van der Waals surface area contributed by atoms with E-state index in [0.29, 0.717) is 11.5 Å². The standard InChI is InChI=1S/C36H42O8S3/c1-34(2,3)25-10-16-28(17-11-25)45(37,38)31-22-32(46(39,40)29-18-12-26(13-19-29)43-35(4,5)6)24-33(23-31)47(41,42)30-20-14-27(15-21-30)44-36(7,8)9/h10-24H,1-9H3. The normalized spacial score (nSPS) is 13.3. The fourth-order valence-corrected chi connectivity index (χ4v) is 8.85. The van der Waals surface area contributed by atoms with Crippen LogP contribution in [-0.4, -0.2) is 36.5 Å². The predicted molar refractivity (Wildman–Crippen MR) is 182 cm³/mol. The van der Waals surface area contributed by atoms with Gasteiger partial charge in [-0.3, -0.25) is 0 Å². The van der Waals surface area contributed by atoms with Crippen LogP contribution in [0.2, 0.25) is 0 Å². The highest BCUT2D eigenvalue weighted by Crippen LogP contribution is 2.34. The zero-order valence-corrected chi connectivity index (χ0v) is 30.6. The molecule has 0 aliphatic rings. The van der Waals surface area contributed by atoms with Gasteiger partial charge in [-0.1, -0.05) is 32.9 Å². The van der Waals surface area contributed by atoms with Crippen molar-refractivity contribution in [3.8, 4) is 11.5 Å². The average molecular weight is 699 g/mol. The van der Waals surface area contributed by atoms with Crippen molar-refractivity contribution in [1.82, 2.24) is 0 Å². The summed E-state index contributed by atoms with van der Waals surface area (Å²) in [5, 5.41) is 0. The summed E-state index contributed by atoms with van der Waals surface area (Å²) in [5.41, 5.74) is -0.379. The molecule has 0 saturated heterocycles. The maximum Gasteiger partial charge on any atom is 0.206 e. The van der Waals surface area contributed by atoms with E-state index in [2.05, 4.69) is 0 Å². The summed E-state index contributed by atoms with van der Waals surface area (Å²) in [4.78, 5) is -1.86. The smallest absolute Gasteiger partial charge is 0.206 e. The molecule has 4 aromatic rings. The Hall–Kier alpha value is -3.67. The molecule has 0 unspecified atom stereocenters. The number of sulfone groups is 3. The van der Waals surface area contributed by atoms with Gasteiger partial charge in [-0.15, -0.1) is 0 Å². The van der Waals surface area contributed by atoms with E-state index >= 15 is 0 Å². The maximum absolute atomic E-state index is 14.0. The van der Waals surface area contributed by atoms with Gasteiger partial charge in [0, 0.05) is 0 Å². The van der Waals surface area contributed by atoms with Gasteiger partial charge in [0.2, 0.25) is 29.5 Å². The van der Waals surface area contributed by atoms with E-state index in [4.69, 9.17) is 9.47 Å². The quantitative estimate of drug-likeness (QED) is 0.183. The van der Waals surface area contributed by atoms with E-state index < -0.39 is 55.4 Å². The van der Waals surface area contributed by atoms with Gasteiger partial charge < -0.3 is 9.47 Å². The number of ether oxygens (including phenoxy) is 2. The number of benzene rings is 4. The fraction of sp³-hybridized carbons (Fsp3) is 0.333. The molecule has 0 radical (unpaired) electrons. The molecule has 0 aliphatic heterocycles. The van der Waals surface area contributed by atoms with Crippen LogP contribution >= 0.6 is 0 Å². The Balaban J connectivity index is 1.89. The minimum Gasteiger partial charge on any atom is -0.488 e. The van der Waals surface area contributed by atoms with Crippen LogP contribution in [0.15, 0.2) is 120 Å². The van der Waals surface area contributed by atoms with Gasteiger partial charge >= 0.3 is 0 Å². The molecule has 0 atom stereocenters. The maximum atomic E-state index is 14.0. The van der Waals surface area contributed by atoms with Crippen molar-refractivity contribution < 1.29 is 34.7 Å². The molecule has 47 heavy (non-hydrogen) atoms. The van der Waals surface area contributed by atoms with E-state index in [1.807, 2.05) is 62.3 Å². The van der Waals surface area contributed by atoms with Crippen molar-refractivity contribution in [1.29, 1.82) is 0 Å². The molecule has 8 nitrogen and oxygen atoms in total. The van der Waals surface area contributed by atoms with Gasteiger partial charge in [0.05, 0.1) is 29.4 Å². The lowest BCUT2D eigenvalue weighted by molar-refractivity contribution is 0.130. The van der Waals surface area contributed by atoms with Crippen molar-refractivity contribution in [2.24, 2.45) is 0 Å².